The van der Waals surface area contributed by atoms with Crippen LogP contribution >= 0.6 is 0 Å². The van der Waals surface area contributed by atoms with Gasteiger partial charge in [0.15, 0.2) is 0 Å². The molecule has 5 heteroatoms. The number of aryl methyl sites for hydroxylation is 1. The van der Waals surface area contributed by atoms with E-state index in [1.807, 2.05) is 6.07 Å². The van der Waals surface area contributed by atoms with Crippen LogP contribution < -0.4 is 19.7 Å². The van der Waals surface area contributed by atoms with Gasteiger partial charge in [-0.1, -0.05) is 36.4 Å². The Morgan fingerprint density at radius 1 is 1.00 bits per heavy atom. The van der Waals surface area contributed by atoms with Crippen molar-refractivity contribution in [2.75, 3.05) is 37.6 Å². The van der Waals surface area contributed by atoms with Gasteiger partial charge in [-0.25, -0.2) is 0 Å². The molecular weight excluding hydrogens is 400 g/mol. The fourth-order valence-electron chi connectivity index (χ4n) is 6.11. The van der Waals surface area contributed by atoms with Gasteiger partial charge in [0, 0.05) is 47.5 Å². The van der Waals surface area contributed by atoms with Crippen LogP contribution in [0.4, 0.5) is 11.4 Å². The molecule has 0 fully saturated rings. The topological polar surface area (TPSA) is 54.0 Å². The molecule has 3 aliphatic heterocycles. The summed E-state index contributed by atoms with van der Waals surface area (Å²) in [6, 6.07) is 19.7. The molecule has 3 heterocycles. The zero-order valence-corrected chi connectivity index (χ0v) is 18.6. The third-order valence-corrected chi connectivity index (χ3v) is 7.48. The number of anilines is 2. The van der Waals surface area contributed by atoms with Gasteiger partial charge >= 0.3 is 0 Å². The zero-order chi connectivity index (χ0) is 22.0. The molecule has 0 saturated carbocycles. The van der Waals surface area contributed by atoms with Gasteiger partial charge in [0.05, 0.1) is 32.9 Å². The highest BCUT2D eigenvalue weighted by atomic mass is 16.5. The van der Waals surface area contributed by atoms with E-state index in [4.69, 9.17) is 9.47 Å². The van der Waals surface area contributed by atoms with Crippen molar-refractivity contribution >= 4 is 11.4 Å². The van der Waals surface area contributed by atoms with E-state index in [1.54, 1.807) is 14.2 Å². The number of methoxy groups -OCH3 is 2. The summed E-state index contributed by atoms with van der Waals surface area (Å²) in [7, 11) is 3.42. The van der Waals surface area contributed by atoms with Crippen LogP contribution in [0.25, 0.3) is 0 Å². The number of hydrogen-bond acceptors (Lipinski definition) is 5. The highest BCUT2D eigenvalue weighted by Gasteiger charge is 2.51. The maximum atomic E-state index is 10.3. The monoisotopic (exact) mass is 428 g/mol. The lowest BCUT2D eigenvalue weighted by Crippen LogP contribution is -2.46. The molecule has 164 valence electrons. The number of nitrogens with one attached hydrogen (secondary N) is 1. The first-order valence-electron chi connectivity index (χ1n) is 11.2. The van der Waals surface area contributed by atoms with Crippen LogP contribution in [0.2, 0.25) is 0 Å². The molecular formula is C27H28N2O3. The van der Waals surface area contributed by atoms with E-state index < -0.39 is 0 Å². The van der Waals surface area contributed by atoms with Gasteiger partial charge in [0.2, 0.25) is 0 Å². The van der Waals surface area contributed by atoms with Crippen molar-refractivity contribution in [3.8, 4) is 11.5 Å². The Morgan fingerprint density at radius 3 is 2.56 bits per heavy atom. The molecule has 4 atom stereocenters. The molecule has 0 unspecified atom stereocenters. The molecule has 0 bridgehead atoms. The van der Waals surface area contributed by atoms with Gasteiger partial charge < -0.3 is 24.8 Å². The van der Waals surface area contributed by atoms with Crippen molar-refractivity contribution in [1.82, 2.24) is 0 Å². The molecule has 5 nitrogen and oxygen atoms in total. The van der Waals surface area contributed by atoms with Crippen LogP contribution in [-0.4, -0.2) is 32.5 Å². The number of aliphatic hydroxyl groups excluding tert-OH is 1. The third kappa shape index (κ3) is 2.61. The minimum Gasteiger partial charge on any atom is -0.497 e. The molecule has 6 rings (SSSR count). The first kappa shape index (κ1) is 19.5. The number of benzene rings is 3. The maximum absolute atomic E-state index is 10.3. The van der Waals surface area contributed by atoms with E-state index in [1.165, 1.54) is 33.5 Å². The molecule has 0 amide bonds. The second-order valence-electron chi connectivity index (χ2n) is 9.11. The van der Waals surface area contributed by atoms with Crippen molar-refractivity contribution in [1.29, 1.82) is 0 Å². The first-order chi connectivity index (χ1) is 15.6. The number of rotatable bonds is 3. The smallest absolute Gasteiger partial charge is 0.129 e. The van der Waals surface area contributed by atoms with Crippen LogP contribution in [0.3, 0.4) is 0 Å². The Balaban J connectivity index is 1.65. The van der Waals surface area contributed by atoms with Crippen molar-refractivity contribution in [2.24, 2.45) is 0 Å². The quantitative estimate of drug-likeness (QED) is 0.621. The molecule has 0 spiro atoms. The summed E-state index contributed by atoms with van der Waals surface area (Å²) in [5.41, 5.74) is 8.64. The van der Waals surface area contributed by atoms with Crippen molar-refractivity contribution in [3.63, 3.8) is 0 Å². The predicted octanol–water partition coefficient (Wildman–Crippen LogP) is 4.91. The SMILES string of the molecule is COc1cc(OC)c2c(c1)N1C[C@H](CO)c3ccccc3[C@H]1[C@H]1c3ccc(C)cc3N[C@@H]21. The summed E-state index contributed by atoms with van der Waals surface area (Å²) in [5, 5.41) is 14.1. The van der Waals surface area contributed by atoms with E-state index in [0.717, 1.165) is 23.7 Å². The second-order valence-corrected chi connectivity index (χ2v) is 9.11. The van der Waals surface area contributed by atoms with Crippen LogP contribution in [-0.2, 0) is 0 Å². The third-order valence-electron chi connectivity index (χ3n) is 7.48. The minimum absolute atomic E-state index is 0.0656. The number of nitrogens with zero attached hydrogens (tertiary/aromatic N) is 1. The second kappa shape index (κ2) is 7.17. The summed E-state index contributed by atoms with van der Waals surface area (Å²) < 4.78 is 11.5. The van der Waals surface area contributed by atoms with Gasteiger partial charge in [-0.05, 0) is 35.2 Å². The van der Waals surface area contributed by atoms with E-state index >= 15 is 0 Å². The van der Waals surface area contributed by atoms with Crippen LogP contribution in [0.1, 0.15) is 51.7 Å². The van der Waals surface area contributed by atoms with Gasteiger partial charge in [-0.15, -0.1) is 0 Å². The van der Waals surface area contributed by atoms with E-state index in [9.17, 15) is 5.11 Å². The highest BCUT2D eigenvalue weighted by Crippen LogP contribution is 2.62. The van der Waals surface area contributed by atoms with E-state index in [2.05, 4.69) is 65.7 Å². The number of hydrogen-bond donors (Lipinski definition) is 2. The summed E-state index contributed by atoms with van der Waals surface area (Å²) in [4.78, 5) is 2.47. The van der Waals surface area contributed by atoms with Gasteiger partial charge in [-0.3, -0.25) is 0 Å². The average Bonchev–Trinajstić information content (AvgIpc) is 3.20. The molecule has 3 aromatic carbocycles. The number of aliphatic hydroxyl groups is 1. The van der Waals surface area contributed by atoms with Crippen molar-refractivity contribution in [3.05, 3.63) is 82.4 Å². The maximum Gasteiger partial charge on any atom is 0.129 e. The van der Waals surface area contributed by atoms with Crippen LogP contribution in [0.5, 0.6) is 11.5 Å². The first-order valence-corrected chi connectivity index (χ1v) is 11.2. The van der Waals surface area contributed by atoms with E-state index in [-0.39, 0.29) is 30.5 Å². The Bertz CT molecular complexity index is 1210. The number of fused-ring (bicyclic) bond motifs is 10. The molecule has 0 aromatic heterocycles. The Morgan fingerprint density at radius 2 is 1.81 bits per heavy atom. The Kier molecular flexibility index (Phi) is 4.37. The summed E-state index contributed by atoms with van der Waals surface area (Å²) >= 11 is 0. The van der Waals surface area contributed by atoms with E-state index in [0.29, 0.717) is 0 Å². The highest BCUT2D eigenvalue weighted by molar-refractivity contribution is 5.76. The molecule has 2 N–H and O–H groups in total. The van der Waals surface area contributed by atoms with Gasteiger partial charge in [0.25, 0.3) is 0 Å². The normalized spacial score (nSPS) is 24.4. The zero-order valence-electron chi connectivity index (χ0n) is 18.6. The van der Waals surface area contributed by atoms with Gasteiger partial charge in [-0.2, -0.15) is 0 Å². The molecule has 3 aliphatic rings. The standard InChI is InChI=1S/C27H28N2O3/c1-15-8-9-20-21(10-15)28-26-24(20)27-19-7-5-4-6-18(19)16(14-30)13-29(27)22-11-17(31-2)12-23(32-3)25(22)26/h4-12,16,24,26-28,30H,13-14H2,1-3H3/t16-,24+,26-,27+/m1/s1. The fourth-order valence-corrected chi connectivity index (χ4v) is 6.11. The molecule has 3 aromatic rings. The molecule has 0 saturated heterocycles. The summed E-state index contributed by atoms with van der Waals surface area (Å²) in [6.07, 6.45) is 0. The van der Waals surface area contributed by atoms with Crippen LogP contribution in [0.15, 0.2) is 54.6 Å². The predicted molar refractivity (Wildman–Crippen MR) is 126 cm³/mol. The van der Waals surface area contributed by atoms with Gasteiger partial charge in [0.1, 0.15) is 11.5 Å². The fraction of sp³-hybridized carbons (Fsp3) is 0.333. The minimum atomic E-state index is 0.0656. The van der Waals surface area contributed by atoms with Crippen LogP contribution in [0, 0.1) is 6.92 Å². The van der Waals surface area contributed by atoms with Crippen molar-refractivity contribution in [2.45, 2.75) is 30.8 Å². The summed E-state index contributed by atoms with van der Waals surface area (Å²) in [6.45, 7) is 3.02. The van der Waals surface area contributed by atoms with Crippen molar-refractivity contribution < 1.29 is 14.6 Å². The largest absolute Gasteiger partial charge is 0.497 e. The number of ether oxygens (including phenoxy) is 2. The Labute approximate surface area is 188 Å². The molecule has 0 radical (unpaired) electrons. The Hall–Kier alpha value is -3.18. The molecule has 0 aliphatic carbocycles. The lowest BCUT2D eigenvalue weighted by atomic mass is 9.71. The molecule has 32 heavy (non-hydrogen) atoms. The lowest BCUT2D eigenvalue weighted by molar-refractivity contribution is 0.253. The summed E-state index contributed by atoms with van der Waals surface area (Å²) in [5.74, 6) is 1.92. The average molecular weight is 429 g/mol. The lowest BCUT2D eigenvalue weighted by Gasteiger charge is -2.50.